The summed E-state index contributed by atoms with van der Waals surface area (Å²) >= 11 is 0. The van der Waals surface area contributed by atoms with Crippen LogP contribution in [0, 0.1) is 0 Å². The maximum Gasteiger partial charge on any atom is 0.401 e. The average Bonchev–Trinajstić information content (AvgIpc) is 2.99. The molecule has 1 atom stereocenters. The van der Waals surface area contributed by atoms with Crippen LogP contribution in [0.15, 0.2) is 18.3 Å². The van der Waals surface area contributed by atoms with Gasteiger partial charge in [-0.3, -0.25) is 0 Å². The van der Waals surface area contributed by atoms with Crippen LogP contribution in [0.5, 0.6) is 0 Å². The fourth-order valence-corrected chi connectivity index (χ4v) is 3.11. The Morgan fingerprint density at radius 3 is 2.64 bits per heavy atom. The summed E-state index contributed by atoms with van der Waals surface area (Å²) in [5, 5.41) is 7.02. The molecule has 22 heavy (non-hydrogen) atoms. The van der Waals surface area contributed by atoms with Crippen LogP contribution in [-0.4, -0.2) is 23.3 Å². The molecule has 1 aliphatic heterocycles. The van der Waals surface area contributed by atoms with Crippen LogP contribution in [-0.2, 0) is 26.6 Å². The second kappa shape index (κ2) is 5.59. The summed E-state index contributed by atoms with van der Waals surface area (Å²) in [7, 11) is 1.98. The molecule has 6 heteroatoms. The highest BCUT2D eigenvalue weighted by molar-refractivity contribution is 5.86. The molecule has 2 aromatic rings. The molecular formula is C16H20F3N3. The van der Waals surface area contributed by atoms with Crippen molar-refractivity contribution in [1.82, 2.24) is 15.2 Å². The number of aromatic nitrogens is 1. The molecule has 2 N–H and O–H groups in total. The first kappa shape index (κ1) is 15.4. The van der Waals surface area contributed by atoms with Gasteiger partial charge >= 0.3 is 6.18 Å². The predicted molar refractivity (Wildman–Crippen MR) is 80.7 cm³/mol. The Labute approximate surface area is 127 Å². The van der Waals surface area contributed by atoms with Crippen LogP contribution in [0.2, 0.25) is 0 Å². The monoisotopic (exact) mass is 311 g/mol. The maximum atomic E-state index is 12.3. The van der Waals surface area contributed by atoms with E-state index in [0.717, 1.165) is 29.6 Å². The Balaban J connectivity index is 1.82. The molecular weight excluding hydrogens is 291 g/mol. The predicted octanol–water partition coefficient (Wildman–Crippen LogP) is 2.86. The Morgan fingerprint density at radius 2 is 1.95 bits per heavy atom. The van der Waals surface area contributed by atoms with E-state index < -0.39 is 12.7 Å². The number of fused-ring (bicyclic) bond motifs is 2. The van der Waals surface area contributed by atoms with E-state index in [1.165, 1.54) is 11.1 Å². The summed E-state index contributed by atoms with van der Waals surface area (Å²) in [6.07, 6.45) is -1.56. The summed E-state index contributed by atoms with van der Waals surface area (Å²) in [6.45, 7) is 2.59. The zero-order chi connectivity index (χ0) is 15.9. The quantitative estimate of drug-likeness (QED) is 0.909. The molecule has 120 valence electrons. The second-order valence-corrected chi connectivity index (χ2v) is 6.11. The van der Waals surface area contributed by atoms with Crippen LogP contribution in [0.3, 0.4) is 0 Å². The van der Waals surface area contributed by atoms with Gasteiger partial charge in [0.25, 0.3) is 0 Å². The lowest BCUT2D eigenvalue weighted by Gasteiger charge is -2.15. The molecule has 0 spiro atoms. The molecule has 2 heterocycles. The summed E-state index contributed by atoms with van der Waals surface area (Å²) in [4.78, 5) is 0. The molecule has 3 rings (SSSR count). The van der Waals surface area contributed by atoms with Crippen LogP contribution in [0.1, 0.15) is 23.6 Å². The molecule has 1 unspecified atom stereocenters. The summed E-state index contributed by atoms with van der Waals surface area (Å²) in [6, 6.07) is 4.14. The van der Waals surface area contributed by atoms with Crippen molar-refractivity contribution in [2.75, 3.05) is 6.54 Å². The van der Waals surface area contributed by atoms with Crippen LogP contribution >= 0.6 is 0 Å². The number of alkyl halides is 3. The molecule has 0 saturated carbocycles. The Hall–Kier alpha value is -1.53. The van der Waals surface area contributed by atoms with Crippen LogP contribution < -0.4 is 10.6 Å². The van der Waals surface area contributed by atoms with Gasteiger partial charge in [-0.05, 0) is 42.2 Å². The van der Waals surface area contributed by atoms with E-state index in [1.807, 2.05) is 13.2 Å². The van der Waals surface area contributed by atoms with E-state index in [1.54, 1.807) is 6.92 Å². The fourth-order valence-electron chi connectivity index (χ4n) is 3.11. The van der Waals surface area contributed by atoms with Crippen LogP contribution in [0.25, 0.3) is 10.9 Å². The number of hydrogen-bond acceptors (Lipinski definition) is 2. The molecule has 0 radical (unpaired) electrons. The minimum absolute atomic E-state index is 0.224. The van der Waals surface area contributed by atoms with Crippen molar-refractivity contribution in [3.05, 3.63) is 35.0 Å². The van der Waals surface area contributed by atoms with Gasteiger partial charge in [-0.1, -0.05) is 0 Å². The molecule has 0 amide bonds. The molecule has 1 aromatic heterocycles. The molecule has 0 aliphatic carbocycles. The largest absolute Gasteiger partial charge is 0.401 e. The Morgan fingerprint density at radius 1 is 1.27 bits per heavy atom. The molecule has 0 saturated heterocycles. The lowest BCUT2D eigenvalue weighted by atomic mass is 10.0. The number of hydrogen-bond donors (Lipinski definition) is 2. The minimum atomic E-state index is -4.17. The van der Waals surface area contributed by atoms with E-state index in [9.17, 15) is 13.2 Å². The minimum Gasteiger partial charge on any atom is -0.350 e. The van der Waals surface area contributed by atoms with Gasteiger partial charge in [0.2, 0.25) is 0 Å². The smallest absolute Gasteiger partial charge is 0.350 e. The van der Waals surface area contributed by atoms with Crippen molar-refractivity contribution >= 4 is 10.9 Å². The third-order valence-corrected chi connectivity index (χ3v) is 4.20. The zero-order valence-corrected chi connectivity index (χ0v) is 12.7. The summed E-state index contributed by atoms with van der Waals surface area (Å²) < 4.78 is 38.9. The normalized spacial score (nSPS) is 16.2. The highest BCUT2D eigenvalue weighted by atomic mass is 19.4. The van der Waals surface area contributed by atoms with Crippen molar-refractivity contribution in [3.8, 4) is 0 Å². The van der Waals surface area contributed by atoms with Crippen LogP contribution in [0.4, 0.5) is 13.2 Å². The van der Waals surface area contributed by atoms with E-state index in [4.69, 9.17) is 0 Å². The third-order valence-electron chi connectivity index (χ3n) is 4.20. The Bertz CT molecular complexity index is 688. The number of rotatable bonds is 4. The lowest BCUT2D eigenvalue weighted by Crippen LogP contribution is -2.36. The van der Waals surface area contributed by atoms with E-state index in [2.05, 4.69) is 27.3 Å². The summed E-state index contributed by atoms with van der Waals surface area (Å²) in [5.41, 5.74) is 4.83. The first-order valence-corrected chi connectivity index (χ1v) is 7.44. The van der Waals surface area contributed by atoms with Gasteiger partial charge in [0.05, 0.1) is 6.54 Å². The van der Waals surface area contributed by atoms with Gasteiger partial charge in [0.1, 0.15) is 0 Å². The zero-order valence-electron chi connectivity index (χ0n) is 12.7. The van der Waals surface area contributed by atoms with Crippen molar-refractivity contribution in [3.63, 3.8) is 0 Å². The Kier molecular flexibility index (Phi) is 3.91. The third kappa shape index (κ3) is 3.13. The molecule has 1 aromatic carbocycles. The molecule has 0 fully saturated rings. The van der Waals surface area contributed by atoms with Crippen molar-refractivity contribution < 1.29 is 13.2 Å². The number of nitrogens with zero attached hydrogens (tertiary/aromatic N) is 1. The lowest BCUT2D eigenvalue weighted by molar-refractivity contribution is -0.126. The van der Waals surface area contributed by atoms with E-state index in [-0.39, 0.29) is 6.04 Å². The second-order valence-electron chi connectivity index (χ2n) is 6.11. The van der Waals surface area contributed by atoms with E-state index in [0.29, 0.717) is 6.42 Å². The van der Waals surface area contributed by atoms with Gasteiger partial charge in [-0.15, -0.1) is 0 Å². The SMILES string of the molecule is CC(Cc1cn(C)c2cc3c(cc12)CNC3)NCC(F)(F)F. The number of nitrogens with one attached hydrogen (secondary N) is 2. The highest BCUT2D eigenvalue weighted by Gasteiger charge is 2.27. The molecule has 3 nitrogen and oxygen atoms in total. The summed E-state index contributed by atoms with van der Waals surface area (Å²) in [5.74, 6) is 0. The van der Waals surface area contributed by atoms with Gasteiger partial charge < -0.3 is 15.2 Å². The highest BCUT2D eigenvalue weighted by Crippen LogP contribution is 2.28. The van der Waals surface area contributed by atoms with E-state index >= 15 is 0 Å². The number of halogens is 3. The van der Waals surface area contributed by atoms with Gasteiger partial charge in [0, 0.05) is 43.3 Å². The first-order chi connectivity index (χ1) is 10.3. The average molecular weight is 311 g/mol. The van der Waals surface area contributed by atoms with Crippen molar-refractivity contribution in [1.29, 1.82) is 0 Å². The maximum absolute atomic E-state index is 12.3. The standard InChI is InChI=1S/C16H20F3N3/c1-10(21-9-16(17,18)19)3-13-8-22(2)15-5-12-7-20-6-11(12)4-14(13)15/h4-5,8,10,20-21H,3,6-7,9H2,1-2H3. The number of benzene rings is 1. The van der Waals surface area contributed by atoms with Gasteiger partial charge in [-0.25, -0.2) is 0 Å². The van der Waals surface area contributed by atoms with Gasteiger partial charge in [-0.2, -0.15) is 13.2 Å². The first-order valence-electron chi connectivity index (χ1n) is 7.44. The van der Waals surface area contributed by atoms with Gasteiger partial charge in [0.15, 0.2) is 0 Å². The fraction of sp³-hybridized carbons (Fsp3) is 0.500. The van der Waals surface area contributed by atoms with Crippen molar-refractivity contribution in [2.24, 2.45) is 7.05 Å². The topological polar surface area (TPSA) is 29.0 Å². The number of aryl methyl sites for hydroxylation is 1. The van der Waals surface area contributed by atoms with Crippen molar-refractivity contribution in [2.45, 2.75) is 38.7 Å². The molecule has 1 aliphatic rings. The molecule has 0 bridgehead atoms.